The first-order valence-electron chi connectivity index (χ1n) is 10.4. The lowest BCUT2D eigenvalue weighted by Gasteiger charge is -2.44. The number of hydrogen-bond acceptors (Lipinski definition) is 5. The van der Waals surface area contributed by atoms with E-state index in [0.29, 0.717) is 23.9 Å². The summed E-state index contributed by atoms with van der Waals surface area (Å²) in [5, 5.41) is 12.0. The number of carbonyl (C=O) groups is 1. The summed E-state index contributed by atoms with van der Waals surface area (Å²) in [4.78, 5) is 21.8. The van der Waals surface area contributed by atoms with Gasteiger partial charge in [-0.1, -0.05) is 0 Å². The Kier molecular flexibility index (Phi) is 4.78. The molecule has 0 aliphatic carbocycles. The molecule has 2 aromatic heterocycles. The summed E-state index contributed by atoms with van der Waals surface area (Å²) in [6.45, 7) is 0. The van der Waals surface area contributed by atoms with Crippen LogP contribution in [-0.2, 0) is 5.60 Å². The molecule has 33 heavy (non-hydrogen) atoms. The molecule has 174 valence electrons. The minimum Gasteiger partial charge on any atom is -0.406 e. The van der Waals surface area contributed by atoms with Crippen LogP contribution in [0, 0.1) is 5.82 Å². The van der Waals surface area contributed by atoms with Crippen molar-refractivity contribution in [3.63, 3.8) is 0 Å². The van der Waals surface area contributed by atoms with E-state index in [1.807, 2.05) is 0 Å². The SMILES string of the molecule is Nc1cc(OC(F)(F)F)ccc1C(=O)N1[C@@H]2CC[C@H]1CC(O)(c1c(F)cnc3[nH]ccc13)C2. The summed E-state index contributed by atoms with van der Waals surface area (Å²) in [5.74, 6) is -1.58. The number of amides is 1. The van der Waals surface area contributed by atoms with Gasteiger partial charge in [-0.25, -0.2) is 9.37 Å². The largest absolute Gasteiger partial charge is 0.573 e. The molecule has 11 heteroatoms. The highest BCUT2D eigenvalue weighted by Gasteiger charge is 2.51. The summed E-state index contributed by atoms with van der Waals surface area (Å²) in [7, 11) is 0. The Morgan fingerprint density at radius 3 is 2.58 bits per heavy atom. The molecule has 3 atom stereocenters. The Morgan fingerprint density at radius 2 is 1.94 bits per heavy atom. The predicted octanol–water partition coefficient (Wildman–Crippen LogP) is 3.84. The number of halogens is 4. The van der Waals surface area contributed by atoms with E-state index in [0.717, 1.165) is 18.3 Å². The summed E-state index contributed by atoms with van der Waals surface area (Å²) < 4.78 is 56.0. The van der Waals surface area contributed by atoms with Gasteiger partial charge in [-0.2, -0.15) is 0 Å². The number of aliphatic hydroxyl groups is 1. The monoisotopic (exact) mass is 464 g/mol. The second-order valence-corrected chi connectivity index (χ2v) is 8.56. The van der Waals surface area contributed by atoms with Crippen molar-refractivity contribution in [2.45, 2.75) is 49.7 Å². The number of anilines is 1. The van der Waals surface area contributed by atoms with Gasteiger partial charge in [0.15, 0.2) is 0 Å². The number of benzene rings is 1. The number of nitrogen functional groups attached to an aromatic ring is 1. The minimum absolute atomic E-state index is 0.0509. The molecule has 2 fully saturated rings. The average molecular weight is 464 g/mol. The number of nitrogens with two attached hydrogens (primary N) is 1. The number of alkyl halides is 3. The highest BCUT2D eigenvalue weighted by atomic mass is 19.4. The van der Waals surface area contributed by atoms with Gasteiger partial charge < -0.3 is 25.5 Å². The van der Waals surface area contributed by atoms with Gasteiger partial charge in [-0.3, -0.25) is 4.79 Å². The molecule has 0 radical (unpaired) electrons. The lowest BCUT2D eigenvalue weighted by molar-refractivity contribution is -0.274. The first-order valence-corrected chi connectivity index (χ1v) is 10.4. The number of fused-ring (bicyclic) bond motifs is 3. The fourth-order valence-electron chi connectivity index (χ4n) is 5.29. The maximum atomic E-state index is 14.8. The number of H-pyrrole nitrogens is 1. The summed E-state index contributed by atoms with van der Waals surface area (Å²) in [5.41, 5.74) is 4.90. The van der Waals surface area contributed by atoms with E-state index in [2.05, 4.69) is 14.7 Å². The van der Waals surface area contributed by atoms with E-state index >= 15 is 0 Å². The van der Waals surface area contributed by atoms with Crippen LogP contribution in [0.15, 0.2) is 36.7 Å². The van der Waals surface area contributed by atoms with Crippen molar-refractivity contribution in [3.8, 4) is 5.75 Å². The van der Waals surface area contributed by atoms with Crippen LogP contribution < -0.4 is 10.5 Å². The smallest absolute Gasteiger partial charge is 0.406 e. The molecule has 0 saturated carbocycles. The van der Waals surface area contributed by atoms with Crippen LogP contribution >= 0.6 is 0 Å². The molecule has 4 N–H and O–H groups in total. The molecule has 2 aliphatic rings. The molecule has 1 amide bonds. The van der Waals surface area contributed by atoms with E-state index in [1.165, 1.54) is 6.07 Å². The molecule has 1 unspecified atom stereocenters. The molecular weight excluding hydrogens is 444 g/mol. The normalized spacial score (nSPS) is 24.9. The van der Waals surface area contributed by atoms with Crippen LogP contribution in [0.3, 0.4) is 0 Å². The molecular formula is C22H20F4N4O3. The molecule has 3 aromatic rings. The van der Waals surface area contributed by atoms with Gasteiger partial charge in [0.25, 0.3) is 5.91 Å². The highest BCUT2D eigenvalue weighted by molar-refractivity contribution is 6.00. The lowest BCUT2D eigenvalue weighted by atomic mass is 9.79. The molecule has 2 aliphatic heterocycles. The van der Waals surface area contributed by atoms with Gasteiger partial charge in [0.1, 0.15) is 17.2 Å². The Hall–Kier alpha value is -3.34. The molecule has 2 saturated heterocycles. The molecule has 2 bridgehead atoms. The first kappa shape index (κ1) is 21.5. The van der Waals surface area contributed by atoms with E-state index in [1.54, 1.807) is 17.2 Å². The third-order valence-electron chi connectivity index (χ3n) is 6.49. The van der Waals surface area contributed by atoms with Gasteiger partial charge >= 0.3 is 6.36 Å². The summed E-state index contributed by atoms with van der Waals surface area (Å²) in [6.07, 6.45) is -0.741. The molecule has 0 spiro atoms. The van der Waals surface area contributed by atoms with Crippen molar-refractivity contribution in [2.24, 2.45) is 0 Å². The zero-order valence-corrected chi connectivity index (χ0v) is 17.2. The maximum Gasteiger partial charge on any atom is 0.573 e. The van der Waals surface area contributed by atoms with Gasteiger partial charge in [-0.05, 0) is 31.0 Å². The third kappa shape index (κ3) is 3.65. The Morgan fingerprint density at radius 1 is 1.24 bits per heavy atom. The minimum atomic E-state index is -4.87. The standard InChI is InChI=1S/C22H20F4N4O3/c23-16-10-29-19-15(5-6-28-19)18(16)21(32)8-11-1-2-12(9-21)30(11)20(31)14-4-3-13(7-17(14)27)33-22(24,25)26/h3-7,10-12,32H,1-2,8-9,27H2,(H,28,29)/t11-,12+,21?. The third-order valence-corrected chi connectivity index (χ3v) is 6.49. The number of carbonyl (C=O) groups excluding carboxylic acids is 1. The van der Waals surface area contributed by atoms with E-state index < -0.39 is 29.4 Å². The zero-order valence-electron chi connectivity index (χ0n) is 17.2. The molecule has 4 heterocycles. The lowest BCUT2D eigenvalue weighted by Crippen LogP contribution is -2.52. The number of hydrogen-bond donors (Lipinski definition) is 3. The van der Waals surface area contributed by atoms with Gasteiger partial charge in [0.05, 0.1) is 17.4 Å². The van der Waals surface area contributed by atoms with Crippen molar-refractivity contribution in [2.75, 3.05) is 5.73 Å². The highest BCUT2D eigenvalue weighted by Crippen LogP contribution is 2.48. The number of rotatable bonds is 3. The van der Waals surface area contributed by atoms with Crippen LogP contribution in [0.5, 0.6) is 5.75 Å². The van der Waals surface area contributed by atoms with Crippen molar-refractivity contribution in [3.05, 3.63) is 53.6 Å². The Bertz CT molecular complexity index is 1230. The fraction of sp³-hybridized carbons (Fsp3) is 0.364. The number of piperidine rings is 1. The van der Waals surface area contributed by atoms with Crippen LogP contribution in [0.2, 0.25) is 0 Å². The van der Waals surface area contributed by atoms with Crippen LogP contribution in [0.4, 0.5) is 23.2 Å². The topological polar surface area (TPSA) is 104 Å². The average Bonchev–Trinajstić information content (AvgIpc) is 3.29. The van der Waals surface area contributed by atoms with E-state index in [4.69, 9.17) is 5.73 Å². The van der Waals surface area contributed by atoms with Crippen molar-refractivity contribution in [1.82, 2.24) is 14.9 Å². The summed E-state index contributed by atoms with van der Waals surface area (Å²) >= 11 is 0. The second kappa shape index (κ2) is 7.34. The van der Waals surface area contributed by atoms with Gasteiger partial charge in [-0.15, -0.1) is 13.2 Å². The first-order chi connectivity index (χ1) is 15.6. The van der Waals surface area contributed by atoms with Crippen molar-refractivity contribution >= 4 is 22.6 Å². The van der Waals surface area contributed by atoms with Crippen LogP contribution in [-0.4, -0.2) is 44.3 Å². The molecule has 1 aromatic carbocycles. The van der Waals surface area contributed by atoms with Crippen LogP contribution in [0.25, 0.3) is 11.0 Å². The fourth-order valence-corrected chi connectivity index (χ4v) is 5.29. The molecule has 7 nitrogen and oxygen atoms in total. The zero-order chi connectivity index (χ0) is 23.5. The quantitative estimate of drug-likeness (QED) is 0.404. The second-order valence-electron chi connectivity index (χ2n) is 8.56. The Balaban J connectivity index is 1.43. The van der Waals surface area contributed by atoms with Gasteiger partial charge in [0, 0.05) is 53.8 Å². The number of ether oxygens (including phenoxy) is 1. The maximum absolute atomic E-state index is 14.8. The molecule has 5 rings (SSSR count). The number of aromatic amines is 1. The number of pyridine rings is 1. The van der Waals surface area contributed by atoms with E-state index in [-0.39, 0.29) is 41.7 Å². The number of nitrogens with one attached hydrogen (secondary N) is 1. The van der Waals surface area contributed by atoms with Crippen molar-refractivity contribution < 1.29 is 32.2 Å². The van der Waals surface area contributed by atoms with Crippen LogP contribution in [0.1, 0.15) is 41.6 Å². The van der Waals surface area contributed by atoms with Crippen molar-refractivity contribution in [1.29, 1.82) is 0 Å². The number of aromatic nitrogens is 2. The number of nitrogens with zero attached hydrogens (tertiary/aromatic N) is 2. The Labute approximate surface area is 185 Å². The predicted molar refractivity (Wildman–Crippen MR) is 110 cm³/mol. The van der Waals surface area contributed by atoms with E-state index in [9.17, 15) is 27.5 Å². The summed E-state index contributed by atoms with van der Waals surface area (Å²) in [6, 6.07) is 4.09. The van der Waals surface area contributed by atoms with Gasteiger partial charge in [0.2, 0.25) is 0 Å².